The number of ether oxygens (including phenoxy) is 2. The predicted octanol–water partition coefficient (Wildman–Crippen LogP) is 6.94. The lowest BCUT2D eigenvalue weighted by molar-refractivity contribution is -0.127. The SMILES string of the molecule is C[C@H](Oc1ccc(Cl)cc1Cl)C(=O)N/N=C\c1c(OC(=O)c2ccc(Cl)cc2)ccc2ccccc12. The van der Waals surface area contributed by atoms with Crippen LogP contribution in [-0.2, 0) is 4.79 Å². The van der Waals surface area contributed by atoms with Gasteiger partial charge in [0.05, 0.1) is 16.8 Å². The van der Waals surface area contributed by atoms with E-state index in [-0.39, 0.29) is 10.8 Å². The van der Waals surface area contributed by atoms with Gasteiger partial charge in [0.2, 0.25) is 0 Å². The topological polar surface area (TPSA) is 77.0 Å². The Labute approximate surface area is 222 Å². The van der Waals surface area contributed by atoms with Crippen molar-refractivity contribution in [3.05, 3.63) is 105 Å². The number of halogens is 3. The minimum Gasteiger partial charge on any atom is -0.479 e. The molecule has 0 saturated carbocycles. The third-order valence-electron chi connectivity index (χ3n) is 5.15. The molecule has 0 aliphatic carbocycles. The number of hydrogen-bond donors (Lipinski definition) is 1. The normalized spacial score (nSPS) is 11.9. The molecule has 0 aliphatic rings. The maximum atomic E-state index is 12.7. The summed E-state index contributed by atoms with van der Waals surface area (Å²) in [5, 5.41) is 7.02. The molecule has 36 heavy (non-hydrogen) atoms. The van der Waals surface area contributed by atoms with E-state index in [0.29, 0.717) is 26.9 Å². The van der Waals surface area contributed by atoms with E-state index in [1.54, 1.807) is 49.4 Å². The van der Waals surface area contributed by atoms with E-state index in [1.165, 1.54) is 12.3 Å². The van der Waals surface area contributed by atoms with E-state index in [1.807, 2.05) is 30.3 Å². The average molecular weight is 542 g/mol. The van der Waals surface area contributed by atoms with E-state index >= 15 is 0 Å². The molecule has 1 N–H and O–H groups in total. The molecule has 0 fully saturated rings. The Morgan fingerprint density at radius 2 is 1.58 bits per heavy atom. The van der Waals surface area contributed by atoms with Crippen LogP contribution in [0.5, 0.6) is 11.5 Å². The molecule has 0 aromatic heterocycles. The molecule has 9 heteroatoms. The number of rotatable bonds is 7. The summed E-state index contributed by atoms with van der Waals surface area (Å²) in [5.74, 6) is -0.457. The van der Waals surface area contributed by atoms with Crippen LogP contribution in [0.15, 0.2) is 84.0 Å². The first-order valence-corrected chi connectivity index (χ1v) is 11.9. The van der Waals surface area contributed by atoms with Crippen LogP contribution in [-0.4, -0.2) is 24.2 Å². The van der Waals surface area contributed by atoms with Crippen molar-refractivity contribution in [3.63, 3.8) is 0 Å². The van der Waals surface area contributed by atoms with Gasteiger partial charge >= 0.3 is 5.97 Å². The second-order valence-electron chi connectivity index (χ2n) is 7.66. The maximum absolute atomic E-state index is 12.7. The van der Waals surface area contributed by atoms with Crippen LogP contribution in [0.4, 0.5) is 0 Å². The van der Waals surface area contributed by atoms with Crippen molar-refractivity contribution in [3.8, 4) is 11.5 Å². The highest BCUT2D eigenvalue weighted by atomic mass is 35.5. The zero-order chi connectivity index (χ0) is 25.7. The number of nitrogens with one attached hydrogen (secondary N) is 1. The van der Waals surface area contributed by atoms with Crippen molar-refractivity contribution in [2.24, 2.45) is 5.10 Å². The number of fused-ring (bicyclic) bond motifs is 1. The Morgan fingerprint density at radius 3 is 2.33 bits per heavy atom. The second-order valence-corrected chi connectivity index (χ2v) is 8.94. The van der Waals surface area contributed by atoms with Crippen molar-refractivity contribution in [1.29, 1.82) is 0 Å². The molecule has 1 atom stereocenters. The molecule has 0 saturated heterocycles. The molecule has 4 aromatic carbocycles. The van der Waals surface area contributed by atoms with Gasteiger partial charge in [0.1, 0.15) is 11.5 Å². The third kappa shape index (κ3) is 6.15. The zero-order valence-corrected chi connectivity index (χ0v) is 21.1. The lowest BCUT2D eigenvalue weighted by Crippen LogP contribution is -2.33. The van der Waals surface area contributed by atoms with Gasteiger partial charge in [-0.1, -0.05) is 65.1 Å². The van der Waals surface area contributed by atoms with Gasteiger partial charge in [-0.25, -0.2) is 10.2 Å². The number of hydrogen-bond acceptors (Lipinski definition) is 5. The van der Waals surface area contributed by atoms with Crippen LogP contribution in [0.25, 0.3) is 10.8 Å². The highest BCUT2D eigenvalue weighted by Crippen LogP contribution is 2.29. The summed E-state index contributed by atoms with van der Waals surface area (Å²) < 4.78 is 11.3. The van der Waals surface area contributed by atoms with E-state index in [4.69, 9.17) is 44.3 Å². The smallest absolute Gasteiger partial charge is 0.343 e. The summed E-state index contributed by atoms with van der Waals surface area (Å²) in [6.07, 6.45) is 0.530. The van der Waals surface area contributed by atoms with Crippen LogP contribution >= 0.6 is 34.8 Å². The molecule has 4 aromatic rings. The van der Waals surface area contributed by atoms with Gasteiger partial charge in [0, 0.05) is 15.6 Å². The number of nitrogens with zero attached hydrogens (tertiary/aromatic N) is 1. The lowest BCUT2D eigenvalue weighted by atomic mass is 10.0. The number of hydrazone groups is 1. The third-order valence-corrected chi connectivity index (χ3v) is 5.93. The van der Waals surface area contributed by atoms with E-state index in [0.717, 1.165) is 10.8 Å². The summed E-state index contributed by atoms with van der Waals surface area (Å²) in [7, 11) is 0. The Hall–Kier alpha value is -3.58. The number of esters is 1. The summed E-state index contributed by atoms with van der Waals surface area (Å²) in [5.41, 5.74) is 3.31. The van der Waals surface area contributed by atoms with Gasteiger partial charge in [-0.15, -0.1) is 0 Å². The summed E-state index contributed by atoms with van der Waals surface area (Å²) >= 11 is 17.9. The number of benzene rings is 4. The minimum absolute atomic E-state index is 0.281. The Balaban J connectivity index is 1.53. The zero-order valence-electron chi connectivity index (χ0n) is 18.9. The van der Waals surface area contributed by atoms with E-state index < -0.39 is 18.0 Å². The van der Waals surface area contributed by atoms with Crippen molar-refractivity contribution >= 4 is 63.7 Å². The fraction of sp³-hybridized carbons (Fsp3) is 0.0741. The van der Waals surface area contributed by atoms with Crippen LogP contribution in [0.1, 0.15) is 22.8 Å². The van der Waals surface area contributed by atoms with E-state index in [9.17, 15) is 9.59 Å². The molecule has 1 amide bonds. The number of amides is 1. The Bertz CT molecular complexity index is 1460. The molecule has 0 bridgehead atoms. The highest BCUT2D eigenvalue weighted by molar-refractivity contribution is 6.35. The molecule has 0 aliphatic heterocycles. The van der Waals surface area contributed by atoms with Crippen LogP contribution < -0.4 is 14.9 Å². The molecule has 0 spiro atoms. The number of carbonyl (C=O) groups is 2. The van der Waals surface area contributed by atoms with Crippen molar-refractivity contribution in [2.45, 2.75) is 13.0 Å². The summed E-state index contributed by atoms with van der Waals surface area (Å²) in [6, 6.07) is 22.1. The van der Waals surface area contributed by atoms with Gasteiger partial charge in [0.25, 0.3) is 5.91 Å². The first-order chi connectivity index (χ1) is 17.3. The molecule has 6 nitrogen and oxygen atoms in total. The molecule has 4 rings (SSSR count). The summed E-state index contributed by atoms with van der Waals surface area (Å²) in [6.45, 7) is 1.56. The second kappa shape index (κ2) is 11.4. The largest absolute Gasteiger partial charge is 0.479 e. The van der Waals surface area contributed by atoms with Gasteiger partial charge in [-0.3, -0.25) is 4.79 Å². The fourth-order valence-electron chi connectivity index (χ4n) is 3.31. The van der Waals surface area contributed by atoms with Crippen molar-refractivity contribution in [2.75, 3.05) is 0 Å². The quantitative estimate of drug-likeness (QED) is 0.119. The molecule has 182 valence electrons. The lowest BCUT2D eigenvalue weighted by Gasteiger charge is -2.14. The van der Waals surface area contributed by atoms with Gasteiger partial charge < -0.3 is 9.47 Å². The van der Waals surface area contributed by atoms with Gasteiger partial charge in [-0.05, 0) is 66.2 Å². The predicted molar refractivity (Wildman–Crippen MR) is 143 cm³/mol. The Morgan fingerprint density at radius 1 is 0.889 bits per heavy atom. The molecule has 0 unspecified atom stereocenters. The fourth-order valence-corrected chi connectivity index (χ4v) is 3.89. The monoisotopic (exact) mass is 540 g/mol. The standard InChI is InChI=1S/C27H19Cl3N2O4/c1-16(35-25-13-11-20(29)14-23(25)30)26(33)32-31-15-22-21-5-3-2-4-17(21)8-12-24(22)36-27(34)18-6-9-19(28)10-7-18/h2-16H,1H3,(H,32,33)/b31-15-/t16-/m0/s1. The average Bonchev–Trinajstić information content (AvgIpc) is 2.87. The minimum atomic E-state index is -0.893. The molecular weight excluding hydrogens is 523 g/mol. The molecular formula is C27H19Cl3N2O4. The first-order valence-electron chi connectivity index (χ1n) is 10.8. The van der Waals surface area contributed by atoms with Gasteiger partial charge in [-0.2, -0.15) is 5.10 Å². The Kier molecular flexibility index (Phi) is 8.10. The molecule has 0 radical (unpaired) electrons. The van der Waals surface area contributed by atoms with Gasteiger partial charge in [0.15, 0.2) is 6.10 Å². The van der Waals surface area contributed by atoms with Crippen molar-refractivity contribution < 1.29 is 19.1 Å². The first kappa shape index (κ1) is 25.5. The highest BCUT2D eigenvalue weighted by Gasteiger charge is 2.17. The van der Waals surface area contributed by atoms with Crippen molar-refractivity contribution in [1.82, 2.24) is 5.43 Å². The maximum Gasteiger partial charge on any atom is 0.343 e. The van der Waals surface area contributed by atoms with E-state index in [2.05, 4.69) is 10.5 Å². The number of carbonyl (C=O) groups excluding carboxylic acids is 2. The van der Waals surface area contributed by atoms with Crippen LogP contribution in [0.2, 0.25) is 15.1 Å². The van der Waals surface area contributed by atoms with Crippen LogP contribution in [0.3, 0.4) is 0 Å². The molecule has 0 heterocycles. The van der Waals surface area contributed by atoms with Crippen LogP contribution in [0, 0.1) is 0 Å². The summed E-state index contributed by atoms with van der Waals surface area (Å²) in [4.78, 5) is 25.2.